The Morgan fingerprint density at radius 1 is 1.14 bits per heavy atom. The van der Waals surface area contributed by atoms with Crippen LogP contribution in [0, 0.1) is 18.6 Å². The molecular formula is C24H18F5N5O3. The summed E-state index contributed by atoms with van der Waals surface area (Å²) in [5, 5.41) is -0.158. The number of rotatable bonds is 5. The van der Waals surface area contributed by atoms with Crippen LogP contribution >= 0.6 is 0 Å². The summed E-state index contributed by atoms with van der Waals surface area (Å²) in [5.41, 5.74) is 2.10. The zero-order valence-electron chi connectivity index (χ0n) is 19.5. The Bertz CT molecular complexity index is 1620. The van der Waals surface area contributed by atoms with E-state index >= 15 is 0 Å². The molecule has 0 atom stereocenters. The van der Waals surface area contributed by atoms with Crippen LogP contribution in [0.4, 0.5) is 27.6 Å². The number of primary amides is 1. The van der Waals surface area contributed by atoms with E-state index in [1.165, 1.54) is 31.3 Å². The van der Waals surface area contributed by atoms with Crippen molar-refractivity contribution >= 4 is 22.5 Å². The molecule has 0 aliphatic heterocycles. The van der Waals surface area contributed by atoms with Crippen LogP contribution in [-0.4, -0.2) is 35.0 Å². The van der Waals surface area contributed by atoms with Crippen LogP contribution < -0.4 is 20.8 Å². The maximum Gasteiger partial charge on any atom is 0.418 e. The summed E-state index contributed by atoms with van der Waals surface area (Å²) in [6.07, 6.45) is -3.07. The fourth-order valence-electron chi connectivity index (χ4n) is 3.91. The molecule has 1 aromatic carbocycles. The highest BCUT2D eigenvalue weighted by molar-refractivity contribution is 6.03. The monoisotopic (exact) mass is 519 g/mol. The van der Waals surface area contributed by atoms with Crippen molar-refractivity contribution in [1.29, 1.82) is 0 Å². The summed E-state index contributed by atoms with van der Waals surface area (Å²) in [5.74, 6) is -4.03. The Labute approximate surface area is 205 Å². The van der Waals surface area contributed by atoms with Crippen molar-refractivity contribution in [2.75, 3.05) is 19.0 Å². The van der Waals surface area contributed by atoms with Crippen LogP contribution in [0.1, 0.15) is 21.6 Å². The zero-order valence-corrected chi connectivity index (χ0v) is 19.5. The highest BCUT2D eigenvalue weighted by Gasteiger charge is 2.35. The van der Waals surface area contributed by atoms with Gasteiger partial charge < -0.3 is 20.4 Å². The fraction of sp³-hybridized carbons (Fsp3) is 0.167. The van der Waals surface area contributed by atoms with Crippen LogP contribution in [0.5, 0.6) is 11.6 Å². The van der Waals surface area contributed by atoms with E-state index in [0.717, 1.165) is 25.1 Å². The number of carbonyl (C=O) groups is 1. The average Bonchev–Trinajstić information content (AvgIpc) is 2.80. The number of H-pyrrole nitrogens is 1. The number of nitrogens with two attached hydrogens (primary N) is 1. The van der Waals surface area contributed by atoms with Crippen LogP contribution in [-0.2, 0) is 6.18 Å². The normalized spacial score (nSPS) is 11.6. The zero-order chi connectivity index (χ0) is 27.2. The standard InChI is InChI=1S/C24H18F5N5O3/c1-10-11(24(27,28)29)9-32-23(37-16-5-4-12(25)19(26)21(16)34(2)3)17(10)14-8-15(35)18-13(33-14)6-7-31-20(18)22(30)36/h4-9H,1-3H3,(H2,30,36)(H,33,35). The molecule has 4 rings (SSSR count). The number of halogens is 5. The molecule has 0 fully saturated rings. The minimum absolute atomic E-state index is 0.0656. The summed E-state index contributed by atoms with van der Waals surface area (Å²) >= 11 is 0. The minimum atomic E-state index is -4.80. The molecule has 4 aromatic rings. The van der Waals surface area contributed by atoms with Gasteiger partial charge in [-0.1, -0.05) is 0 Å². The van der Waals surface area contributed by atoms with Gasteiger partial charge in [0.2, 0.25) is 5.88 Å². The second kappa shape index (κ2) is 9.15. The lowest BCUT2D eigenvalue weighted by Crippen LogP contribution is -2.18. The number of hydrogen-bond donors (Lipinski definition) is 2. The van der Waals surface area contributed by atoms with E-state index in [4.69, 9.17) is 10.5 Å². The number of amides is 1. The quantitative estimate of drug-likeness (QED) is 0.374. The third-order valence-corrected chi connectivity index (χ3v) is 5.54. The highest BCUT2D eigenvalue weighted by Crippen LogP contribution is 2.42. The highest BCUT2D eigenvalue weighted by atomic mass is 19.4. The number of alkyl halides is 3. The van der Waals surface area contributed by atoms with Crippen LogP contribution in [0.2, 0.25) is 0 Å². The first kappa shape index (κ1) is 25.5. The Morgan fingerprint density at radius 3 is 2.46 bits per heavy atom. The van der Waals surface area contributed by atoms with Crippen molar-refractivity contribution < 1.29 is 31.5 Å². The molecule has 1 amide bonds. The molecule has 3 heterocycles. The predicted molar refractivity (Wildman–Crippen MR) is 125 cm³/mol. The number of anilines is 1. The SMILES string of the molecule is Cc1c(C(F)(F)F)cnc(Oc2ccc(F)c(F)c2N(C)C)c1-c1cc(=O)c2c(C(N)=O)nccc2[nH]1. The Morgan fingerprint density at radius 2 is 1.84 bits per heavy atom. The number of ether oxygens (including phenoxy) is 1. The van der Waals surface area contributed by atoms with E-state index in [-0.39, 0.29) is 44.9 Å². The first-order valence-electron chi connectivity index (χ1n) is 10.5. The lowest BCUT2D eigenvalue weighted by atomic mass is 10.0. The van der Waals surface area contributed by atoms with Crippen LogP contribution in [0.3, 0.4) is 0 Å². The lowest BCUT2D eigenvalue weighted by Gasteiger charge is -2.21. The van der Waals surface area contributed by atoms with Gasteiger partial charge in [0.15, 0.2) is 22.8 Å². The number of hydrogen-bond acceptors (Lipinski definition) is 6. The molecule has 37 heavy (non-hydrogen) atoms. The van der Waals surface area contributed by atoms with Crippen molar-refractivity contribution in [2.24, 2.45) is 5.73 Å². The molecule has 0 aliphatic rings. The largest absolute Gasteiger partial charge is 0.436 e. The molecule has 8 nitrogen and oxygen atoms in total. The number of nitrogens with zero attached hydrogens (tertiary/aromatic N) is 3. The van der Waals surface area contributed by atoms with E-state index in [1.807, 2.05) is 0 Å². The topological polar surface area (TPSA) is 114 Å². The number of pyridine rings is 3. The van der Waals surface area contributed by atoms with Crippen LogP contribution in [0.25, 0.3) is 22.2 Å². The summed E-state index contributed by atoms with van der Waals surface area (Å²) in [6.45, 7) is 1.15. The first-order valence-corrected chi connectivity index (χ1v) is 10.5. The molecule has 0 bridgehead atoms. The molecule has 0 saturated heterocycles. The minimum Gasteiger partial charge on any atom is -0.436 e. The number of benzene rings is 1. The van der Waals surface area contributed by atoms with Gasteiger partial charge in [-0.05, 0) is 30.7 Å². The molecule has 0 aliphatic carbocycles. The average molecular weight is 519 g/mol. The molecular weight excluding hydrogens is 501 g/mol. The van der Waals surface area contributed by atoms with Gasteiger partial charge in [0.1, 0.15) is 11.4 Å². The summed E-state index contributed by atoms with van der Waals surface area (Å²) in [6, 6.07) is 4.18. The van der Waals surface area contributed by atoms with Crippen molar-refractivity contribution in [3.8, 4) is 22.9 Å². The van der Waals surface area contributed by atoms with Gasteiger partial charge >= 0.3 is 6.18 Å². The third-order valence-electron chi connectivity index (χ3n) is 5.54. The maximum absolute atomic E-state index is 14.5. The number of aromatic amines is 1. The molecule has 3 aromatic heterocycles. The smallest absolute Gasteiger partial charge is 0.418 e. The van der Waals surface area contributed by atoms with Gasteiger partial charge in [-0.2, -0.15) is 13.2 Å². The lowest BCUT2D eigenvalue weighted by molar-refractivity contribution is -0.138. The number of fused-ring (bicyclic) bond motifs is 1. The van der Waals surface area contributed by atoms with Gasteiger partial charge in [0, 0.05) is 32.6 Å². The van der Waals surface area contributed by atoms with Crippen molar-refractivity contribution in [3.63, 3.8) is 0 Å². The Hall–Kier alpha value is -4.55. The van der Waals surface area contributed by atoms with Gasteiger partial charge in [-0.3, -0.25) is 14.6 Å². The Kier molecular flexibility index (Phi) is 6.32. The predicted octanol–water partition coefficient (Wildman–Crippen LogP) is 4.55. The van der Waals surface area contributed by atoms with Gasteiger partial charge in [-0.15, -0.1) is 0 Å². The summed E-state index contributed by atoms with van der Waals surface area (Å²) in [7, 11) is 2.84. The van der Waals surface area contributed by atoms with Gasteiger partial charge in [-0.25, -0.2) is 13.8 Å². The van der Waals surface area contributed by atoms with E-state index in [9.17, 15) is 31.5 Å². The molecule has 3 N–H and O–H groups in total. The van der Waals surface area contributed by atoms with Crippen molar-refractivity contribution in [2.45, 2.75) is 13.1 Å². The molecule has 0 spiro atoms. The van der Waals surface area contributed by atoms with Gasteiger partial charge in [0.25, 0.3) is 5.91 Å². The Balaban J connectivity index is 2.01. The van der Waals surface area contributed by atoms with E-state index < -0.39 is 40.6 Å². The van der Waals surface area contributed by atoms with Crippen molar-refractivity contribution in [3.05, 3.63) is 75.3 Å². The second-order valence-corrected chi connectivity index (χ2v) is 8.17. The molecule has 13 heteroatoms. The number of carbonyl (C=O) groups excluding carboxylic acids is 1. The molecule has 192 valence electrons. The first-order chi connectivity index (χ1) is 17.3. The third kappa shape index (κ3) is 4.55. The van der Waals surface area contributed by atoms with E-state index in [0.29, 0.717) is 6.20 Å². The number of nitrogens with one attached hydrogen (secondary N) is 1. The van der Waals surface area contributed by atoms with Crippen molar-refractivity contribution in [1.82, 2.24) is 15.0 Å². The molecule has 0 saturated carbocycles. The second-order valence-electron chi connectivity index (χ2n) is 8.17. The number of aromatic nitrogens is 3. The van der Waals surface area contributed by atoms with E-state index in [1.54, 1.807) is 0 Å². The summed E-state index contributed by atoms with van der Waals surface area (Å²) < 4.78 is 75.3. The van der Waals surface area contributed by atoms with Crippen LogP contribution in [0.15, 0.2) is 41.5 Å². The fourth-order valence-corrected chi connectivity index (χ4v) is 3.91. The maximum atomic E-state index is 14.5. The van der Waals surface area contributed by atoms with E-state index in [2.05, 4.69) is 15.0 Å². The summed E-state index contributed by atoms with van der Waals surface area (Å²) in [4.78, 5) is 36.3. The molecule has 0 radical (unpaired) electrons. The van der Waals surface area contributed by atoms with Gasteiger partial charge in [0.05, 0.1) is 27.7 Å². The molecule has 0 unspecified atom stereocenters.